The molecule has 0 aliphatic heterocycles. The molecule has 0 bridgehead atoms. The zero-order valence-corrected chi connectivity index (χ0v) is 12.3. The van der Waals surface area contributed by atoms with Gasteiger partial charge in [-0.25, -0.2) is 0 Å². The molecule has 0 aliphatic rings. The topological polar surface area (TPSA) is 33.3 Å². The first kappa shape index (κ1) is 14.9. The summed E-state index contributed by atoms with van der Waals surface area (Å²) in [4.78, 5) is 0. The molecule has 1 aromatic rings. The van der Waals surface area contributed by atoms with Gasteiger partial charge in [-0.2, -0.15) is 0 Å². The quantitative estimate of drug-likeness (QED) is 0.722. The molecule has 0 heterocycles. The number of ether oxygens (including phenoxy) is 1. The summed E-state index contributed by atoms with van der Waals surface area (Å²) in [6.45, 7) is 4.27. The van der Waals surface area contributed by atoms with E-state index < -0.39 is 0 Å². The van der Waals surface area contributed by atoms with Crippen LogP contribution in [0.5, 0.6) is 0 Å². The maximum Gasteiger partial charge on any atom is 0.0587 e. The van der Waals surface area contributed by atoms with Crippen LogP contribution < -0.4 is 10.6 Å². The first-order chi connectivity index (χ1) is 8.24. The molecular formula is C12H18BrClN2O. The van der Waals surface area contributed by atoms with Gasteiger partial charge in [-0.3, -0.25) is 0 Å². The van der Waals surface area contributed by atoms with Crippen LogP contribution in [0.25, 0.3) is 0 Å². The van der Waals surface area contributed by atoms with Crippen molar-refractivity contribution in [2.75, 3.05) is 33.4 Å². The van der Waals surface area contributed by atoms with Crippen LogP contribution in [0.3, 0.4) is 0 Å². The van der Waals surface area contributed by atoms with E-state index in [2.05, 4.69) is 26.6 Å². The Hall–Kier alpha value is -0.130. The van der Waals surface area contributed by atoms with Gasteiger partial charge in [0.1, 0.15) is 0 Å². The largest absolute Gasteiger partial charge is 0.383 e. The standard InChI is InChI=1S/C12H18BrClN2O/c1-17-7-6-15-4-5-16-9-10-2-3-11(13)8-12(10)14/h2-3,8,15-16H,4-7,9H2,1H3. The highest BCUT2D eigenvalue weighted by Gasteiger charge is 1.99. The van der Waals surface area contributed by atoms with Crippen LogP contribution in [0.15, 0.2) is 22.7 Å². The molecule has 3 nitrogen and oxygen atoms in total. The van der Waals surface area contributed by atoms with Crippen molar-refractivity contribution in [2.45, 2.75) is 6.54 Å². The summed E-state index contributed by atoms with van der Waals surface area (Å²) in [5, 5.41) is 7.40. The van der Waals surface area contributed by atoms with E-state index in [4.69, 9.17) is 16.3 Å². The molecule has 0 saturated heterocycles. The van der Waals surface area contributed by atoms with Crippen molar-refractivity contribution in [3.05, 3.63) is 33.3 Å². The second kappa shape index (κ2) is 8.89. The lowest BCUT2D eigenvalue weighted by molar-refractivity contribution is 0.199. The van der Waals surface area contributed by atoms with Crippen LogP contribution in [0, 0.1) is 0 Å². The van der Waals surface area contributed by atoms with Gasteiger partial charge in [-0.15, -0.1) is 0 Å². The molecule has 0 unspecified atom stereocenters. The van der Waals surface area contributed by atoms with E-state index in [1.54, 1.807) is 7.11 Å². The minimum Gasteiger partial charge on any atom is -0.383 e. The van der Waals surface area contributed by atoms with Crippen LogP contribution in [0.2, 0.25) is 5.02 Å². The molecule has 0 radical (unpaired) electrons. The highest BCUT2D eigenvalue weighted by molar-refractivity contribution is 9.10. The zero-order chi connectivity index (χ0) is 12.5. The first-order valence-electron chi connectivity index (χ1n) is 5.58. The SMILES string of the molecule is COCCNCCNCc1ccc(Br)cc1Cl. The van der Waals surface area contributed by atoms with Crippen LogP contribution in [-0.2, 0) is 11.3 Å². The number of benzene rings is 1. The average Bonchev–Trinajstić information content (AvgIpc) is 2.30. The van der Waals surface area contributed by atoms with E-state index in [1.807, 2.05) is 18.2 Å². The molecule has 5 heteroatoms. The molecule has 0 aromatic heterocycles. The zero-order valence-electron chi connectivity index (χ0n) is 9.93. The van der Waals surface area contributed by atoms with Crippen molar-refractivity contribution in [1.29, 1.82) is 0 Å². The average molecular weight is 322 g/mol. The Balaban J connectivity index is 2.14. The molecule has 2 N–H and O–H groups in total. The summed E-state index contributed by atoms with van der Waals surface area (Å²) < 4.78 is 5.95. The molecule has 0 aliphatic carbocycles. The van der Waals surface area contributed by atoms with Gasteiger partial charge in [-0.1, -0.05) is 33.6 Å². The van der Waals surface area contributed by atoms with Gasteiger partial charge in [0, 0.05) is 42.8 Å². The van der Waals surface area contributed by atoms with E-state index in [-0.39, 0.29) is 0 Å². The van der Waals surface area contributed by atoms with Gasteiger partial charge < -0.3 is 15.4 Å². The van der Waals surface area contributed by atoms with Crippen molar-refractivity contribution in [1.82, 2.24) is 10.6 Å². The molecule has 0 fully saturated rings. The Morgan fingerprint density at radius 1 is 1.24 bits per heavy atom. The number of methoxy groups -OCH3 is 1. The monoisotopic (exact) mass is 320 g/mol. The van der Waals surface area contributed by atoms with Gasteiger partial charge in [0.05, 0.1) is 6.61 Å². The molecule has 0 amide bonds. The maximum atomic E-state index is 6.11. The normalized spacial score (nSPS) is 10.8. The number of hydrogen-bond acceptors (Lipinski definition) is 3. The highest BCUT2D eigenvalue weighted by atomic mass is 79.9. The van der Waals surface area contributed by atoms with Gasteiger partial charge in [0.25, 0.3) is 0 Å². The number of hydrogen-bond donors (Lipinski definition) is 2. The summed E-state index contributed by atoms with van der Waals surface area (Å²) in [5.41, 5.74) is 1.12. The fourth-order valence-electron chi connectivity index (χ4n) is 1.36. The second-order valence-corrected chi connectivity index (χ2v) is 4.98. The minimum absolute atomic E-state index is 0.749. The van der Waals surface area contributed by atoms with E-state index in [9.17, 15) is 0 Å². The third-order valence-electron chi connectivity index (χ3n) is 2.29. The Kier molecular flexibility index (Phi) is 7.81. The maximum absolute atomic E-state index is 6.11. The van der Waals surface area contributed by atoms with Crippen molar-refractivity contribution in [3.63, 3.8) is 0 Å². The molecule has 96 valence electrons. The van der Waals surface area contributed by atoms with Crippen molar-refractivity contribution in [2.24, 2.45) is 0 Å². The molecular weight excluding hydrogens is 304 g/mol. The number of nitrogens with one attached hydrogen (secondary N) is 2. The van der Waals surface area contributed by atoms with Crippen LogP contribution in [-0.4, -0.2) is 33.4 Å². The third kappa shape index (κ3) is 6.38. The number of halogens is 2. The highest BCUT2D eigenvalue weighted by Crippen LogP contribution is 2.20. The molecule has 17 heavy (non-hydrogen) atoms. The Labute approximate surface area is 116 Å². The van der Waals surface area contributed by atoms with E-state index in [0.717, 1.165) is 47.8 Å². The van der Waals surface area contributed by atoms with Gasteiger partial charge in [0.15, 0.2) is 0 Å². The van der Waals surface area contributed by atoms with E-state index >= 15 is 0 Å². The fraction of sp³-hybridized carbons (Fsp3) is 0.500. The van der Waals surface area contributed by atoms with E-state index in [1.165, 1.54) is 0 Å². The lowest BCUT2D eigenvalue weighted by Crippen LogP contribution is -2.29. The van der Waals surface area contributed by atoms with Gasteiger partial charge >= 0.3 is 0 Å². The smallest absolute Gasteiger partial charge is 0.0587 e. The third-order valence-corrected chi connectivity index (χ3v) is 3.14. The molecule has 0 atom stereocenters. The molecule has 0 spiro atoms. The predicted molar refractivity (Wildman–Crippen MR) is 75.6 cm³/mol. The Morgan fingerprint density at radius 2 is 2.00 bits per heavy atom. The molecule has 0 saturated carbocycles. The van der Waals surface area contributed by atoms with E-state index in [0.29, 0.717) is 0 Å². The van der Waals surface area contributed by atoms with Gasteiger partial charge in [0.2, 0.25) is 0 Å². The summed E-state index contributed by atoms with van der Waals surface area (Å²) in [7, 11) is 1.70. The molecule has 1 rings (SSSR count). The van der Waals surface area contributed by atoms with Crippen molar-refractivity contribution in [3.8, 4) is 0 Å². The summed E-state index contributed by atoms with van der Waals surface area (Å²) in [6, 6.07) is 5.94. The molecule has 1 aromatic carbocycles. The number of rotatable bonds is 8. The van der Waals surface area contributed by atoms with Crippen molar-refractivity contribution >= 4 is 27.5 Å². The summed E-state index contributed by atoms with van der Waals surface area (Å²) in [6.07, 6.45) is 0. The van der Waals surface area contributed by atoms with Gasteiger partial charge in [-0.05, 0) is 17.7 Å². The lowest BCUT2D eigenvalue weighted by Gasteiger charge is -2.08. The first-order valence-corrected chi connectivity index (χ1v) is 6.75. The Morgan fingerprint density at radius 3 is 2.71 bits per heavy atom. The fourth-order valence-corrected chi connectivity index (χ4v) is 2.10. The second-order valence-electron chi connectivity index (χ2n) is 3.66. The lowest BCUT2D eigenvalue weighted by atomic mass is 10.2. The van der Waals surface area contributed by atoms with Crippen molar-refractivity contribution < 1.29 is 4.74 Å². The Bertz CT molecular complexity index is 336. The summed E-state index contributed by atoms with van der Waals surface area (Å²) >= 11 is 9.50. The van der Waals surface area contributed by atoms with Crippen LogP contribution in [0.1, 0.15) is 5.56 Å². The summed E-state index contributed by atoms with van der Waals surface area (Å²) in [5.74, 6) is 0. The predicted octanol–water partition coefficient (Wildman–Crippen LogP) is 2.43. The minimum atomic E-state index is 0.749. The van der Waals surface area contributed by atoms with Crippen LogP contribution in [0.4, 0.5) is 0 Å². The van der Waals surface area contributed by atoms with Crippen LogP contribution >= 0.6 is 27.5 Å².